The quantitative estimate of drug-likeness (QED) is 0.939. The molecule has 2 amide bonds. The van der Waals surface area contributed by atoms with E-state index in [2.05, 4.69) is 16.4 Å². The Balaban J connectivity index is 0.00000192. The van der Waals surface area contributed by atoms with Gasteiger partial charge in [0.05, 0.1) is 0 Å². The van der Waals surface area contributed by atoms with Crippen LogP contribution in [0.25, 0.3) is 0 Å². The Kier molecular flexibility index (Phi) is 5.34. The van der Waals surface area contributed by atoms with E-state index in [-0.39, 0.29) is 24.2 Å². The number of nitrogens with zero attached hydrogens (tertiary/aromatic N) is 2. The molecule has 0 atom stereocenters. The van der Waals surface area contributed by atoms with Crippen molar-refractivity contribution in [1.29, 1.82) is 0 Å². The molecule has 23 heavy (non-hydrogen) atoms. The number of fused-ring (bicyclic) bond motifs is 1. The standard InChI is InChI=1S/C17H17N3O2.ClH/c1-20-15-4-2-12(10-14(15)3-5-16(20)21)11-19-17(22)13-6-8-18-9-7-13;/h2,4,6-10H,3,5,11H2,1H3,(H,19,22);1H. The van der Waals surface area contributed by atoms with E-state index in [9.17, 15) is 9.59 Å². The topological polar surface area (TPSA) is 62.3 Å². The Bertz CT molecular complexity index is 719. The first-order valence-corrected chi connectivity index (χ1v) is 7.22. The average Bonchev–Trinajstić information content (AvgIpc) is 2.57. The number of rotatable bonds is 3. The van der Waals surface area contributed by atoms with Crippen LogP contribution in [0.4, 0.5) is 5.69 Å². The number of hydrogen-bond donors (Lipinski definition) is 1. The van der Waals surface area contributed by atoms with Crippen molar-refractivity contribution in [1.82, 2.24) is 10.3 Å². The maximum absolute atomic E-state index is 12.0. The molecule has 1 N–H and O–H groups in total. The smallest absolute Gasteiger partial charge is 0.251 e. The minimum Gasteiger partial charge on any atom is -0.348 e. The molecule has 1 aliphatic heterocycles. The molecule has 0 bridgehead atoms. The number of pyridine rings is 1. The number of nitrogens with one attached hydrogen (secondary N) is 1. The maximum atomic E-state index is 12.0. The zero-order valence-electron chi connectivity index (χ0n) is 12.8. The Morgan fingerprint density at radius 1 is 1.22 bits per heavy atom. The Labute approximate surface area is 141 Å². The van der Waals surface area contributed by atoms with Gasteiger partial charge < -0.3 is 10.2 Å². The summed E-state index contributed by atoms with van der Waals surface area (Å²) < 4.78 is 0. The van der Waals surface area contributed by atoms with Crippen LogP contribution in [0, 0.1) is 0 Å². The van der Waals surface area contributed by atoms with E-state index in [1.807, 2.05) is 12.1 Å². The molecule has 0 unspecified atom stereocenters. The molecule has 0 radical (unpaired) electrons. The lowest BCUT2D eigenvalue weighted by molar-refractivity contribution is -0.118. The van der Waals surface area contributed by atoms with E-state index in [1.165, 1.54) is 0 Å². The summed E-state index contributed by atoms with van der Waals surface area (Å²) in [6, 6.07) is 9.32. The summed E-state index contributed by atoms with van der Waals surface area (Å²) >= 11 is 0. The van der Waals surface area contributed by atoms with Gasteiger partial charge in [-0.3, -0.25) is 14.6 Å². The van der Waals surface area contributed by atoms with Crippen molar-refractivity contribution < 1.29 is 9.59 Å². The number of benzene rings is 1. The average molecular weight is 332 g/mol. The van der Waals surface area contributed by atoms with Gasteiger partial charge in [-0.05, 0) is 35.7 Å². The summed E-state index contributed by atoms with van der Waals surface area (Å²) in [4.78, 5) is 29.3. The lowest BCUT2D eigenvalue weighted by Crippen LogP contribution is -2.31. The SMILES string of the molecule is CN1C(=O)CCc2cc(CNC(=O)c3ccncc3)ccc21.Cl. The number of halogens is 1. The van der Waals surface area contributed by atoms with Crippen LogP contribution in [0.15, 0.2) is 42.7 Å². The van der Waals surface area contributed by atoms with Crippen LogP contribution in [0.3, 0.4) is 0 Å². The van der Waals surface area contributed by atoms with Crippen LogP contribution in [0.1, 0.15) is 27.9 Å². The fourth-order valence-electron chi connectivity index (χ4n) is 2.61. The summed E-state index contributed by atoms with van der Waals surface area (Å²) in [6.45, 7) is 0.464. The Morgan fingerprint density at radius 3 is 2.70 bits per heavy atom. The minimum absolute atomic E-state index is 0. The van der Waals surface area contributed by atoms with Crippen LogP contribution >= 0.6 is 12.4 Å². The van der Waals surface area contributed by atoms with Gasteiger partial charge in [-0.2, -0.15) is 0 Å². The molecular weight excluding hydrogens is 314 g/mol. The highest BCUT2D eigenvalue weighted by Gasteiger charge is 2.20. The van der Waals surface area contributed by atoms with E-state index in [0.717, 1.165) is 23.2 Å². The number of carbonyl (C=O) groups excluding carboxylic acids is 2. The molecule has 2 heterocycles. The summed E-state index contributed by atoms with van der Waals surface area (Å²) in [6.07, 6.45) is 4.49. The molecule has 5 nitrogen and oxygen atoms in total. The molecule has 1 aromatic carbocycles. The van der Waals surface area contributed by atoms with Crippen molar-refractivity contribution in [3.63, 3.8) is 0 Å². The van der Waals surface area contributed by atoms with Crippen LogP contribution < -0.4 is 10.2 Å². The summed E-state index contributed by atoms with van der Waals surface area (Å²) in [5.41, 5.74) is 3.74. The lowest BCUT2D eigenvalue weighted by Gasteiger charge is -2.26. The number of aryl methyl sites for hydroxylation is 1. The van der Waals surface area contributed by atoms with Crippen molar-refractivity contribution in [2.24, 2.45) is 0 Å². The summed E-state index contributed by atoms with van der Waals surface area (Å²) in [5.74, 6) is 0.0265. The zero-order chi connectivity index (χ0) is 15.5. The maximum Gasteiger partial charge on any atom is 0.251 e. The number of aromatic nitrogens is 1. The number of amides is 2. The van der Waals surface area contributed by atoms with Crippen molar-refractivity contribution in [2.45, 2.75) is 19.4 Å². The third-order valence-electron chi connectivity index (χ3n) is 3.88. The van der Waals surface area contributed by atoms with Crippen molar-refractivity contribution in [3.8, 4) is 0 Å². The molecule has 6 heteroatoms. The van der Waals surface area contributed by atoms with Gasteiger partial charge in [0.15, 0.2) is 0 Å². The van der Waals surface area contributed by atoms with Crippen LogP contribution in [-0.2, 0) is 17.8 Å². The minimum atomic E-state index is -0.118. The second-order valence-corrected chi connectivity index (χ2v) is 5.33. The Morgan fingerprint density at radius 2 is 1.96 bits per heavy atom. The first kappa shape index (κ1) is 17.0. The van der Waals surface area contributed by atoms with Crippen molar-refractivity contribution in [2.75, 3.05) is 11.9 Å². The van der Waals surface area contributed by atoms with Gasteiger partial charge in [0.25, 0.3) is 5.91 Å². The molecule has 2 aromatic rings. The fraction of sp³-hybridized carbons (Fsp3) is 0.235. The van der Waals surface area contributed by atoms with E-state index in [0.29, 0.717) is 18.5 Å². The first-order valence-electron chi connectivity index (χ1n) is 7.22. The molecule has 0 aliphatic carbocycles. The molecule has 0 spiro atoms. The molecule has 0 fully saturated rings. The van der Waals surface area contributed by atoms with Gasteiger partial charge in [0.1, 0.15) is 0 Å². The predicted octanol–water partition coefficient (Wildman–Crippen LogP) is 2.34. The molecule has 3 rings (SSSR count). The largest absolute Gasteiger partial charge is 0.348 e. The highest BCUT2D eigenvalue weighted by Crippen LogP contribution is 2.27. The molecule has 0 saturated carbocycles. The van der Waals surface area contributed by atoms with Crippen LogP contribution in [0.2, 0.25) is 0 Å². The van der Waals surface area contributed by atoms with Crippen molar-refractivity contribution in [3.05, 3.63) is 59.4 Å². The third-order valence-corrected chi connectivity index (χ3v) is 3.88. The molecule has 120 valence electrons. The first-order chi connectivity index (χ1) is 10.6. The van der Waals surface area contributed by atoms with Crippen LogP contribution in [-0.4, -0.2) is 23.8 Å². The van der Waals surface area contributed by atoms with Gasteiger partial charge in [-0.25, -0.2) is 0 Å². The van der Waals surface area contributed by atoms with Gasteiger partial charge in [-0.1, -0.05) is 12.1 Å². The van der Waals surface area contributed by atoms with E-state index < -0.39 is 0 Å². The molecule has 1 aliphatic rings. The molecule has 1 aromatic heterocycles. The number of carbonyl (C=O) groups is 2. The van der Waals surface area contributed by atoms with Gasteiger partial charge in [0, 0.05) is 43.7 Å². The highest BCUT2D eigenvalue weighted by molar-refractivity contribution is 5.96. The van der Waals surface area contributed by atoms with E-state index in [4.69, 9.17) is 0 Å². The second kappa shape index (κ2) is 7.24. The fourth-order valence-corrected chi connectivity index (χ4v) is 2.61. The zero-order valence-corrected chi connectivity index (χ0v) is 13.6. The van der Waals surface area contributed by atoms with E-state index >= 15 is 0 Å². The lowest BCUT2D eigenvalue weighted by atomic mass is 9.99. The van der Waals surface area contributed by atoms with Gasteiger partial charge >= 0.3 is 0 Å². The normalized spacial score (nSPS) is 13.1. The van der Waals surface area contributed by atoms with Gasteiger partial charge in [-0.15, -0.1) is 12.4 Å². The third kappa shape index (κ3) is 3.68. The highest BCUT2D eigenvalue weighted by atomic mass is 35.5. The van der Waals surface area contributed by atoms with Crippen LogP contribution in [0.5, 0.6) is 0 Å². The second-order valence-electron chi connectivity index (χ2n) is 5.33. The summed E-state index contributed by atoms with van der Waals surface area (Å²) in [7, 11) is 1.80. The van der Waals surface area contributed by atoms with Crippen molar-refractivity contribution >= 4 is 29.9 Å². The number of hydrogen-bond acceptors (Lipinski definition) is 3. The molecular formula is C17H18ClN3O2. The predicted molar refractivity (Wildman–Crippen MR) is 90.8 cm³/mol. The Hall–Kier alpha value is -2.40. The molecule has 0 saturated heterocycles. The van der Waals surface area contributed by atoms with Gasteiger partial charge in [0.2, 0.25) is 5.91 Å². The number of anilines is 1. The van der Waals surface area contributed by atoms with E-state index in [1.54, 1.807) is 36.5 Å². The summed E-state index contributed by atoms with van der Waals surface area (Å²) in [5, 5.41) is 2.89. The monoisotopic (exact) mass is 331 g/mol.